The number of carbonyl (C=O) groups excluding carboxylic acids is 1. The van der Waals surface area contributed by atoms with Gasteiger partial charge in [-0.05, 0) is 29.3 Å². The van der Waals surface area contributed by atoms with E-state index in [4.69, 9.17) is 4.74 Å². The van der Waals surface area contributed by atoms with Crippen molar-refractivity contribution in [1.82, 2.24) is 15.0 Å². The van der Waals surface area contributed by atoms with Crippen LogP contribution in [0.5, 0.6) is 0 Å². The van der Waals surface area contributed by atoms with Gasteiger partial charge in [0.15, 0.2) is 5.69 Å². The molecule has 0 N–H and O–H groups in total. The second kappa shape index (κ2) is 5.59. The number of aromatic nitrogens is 3. The van der Waals surface area contributed by atoms with Crippen LogP contribution >= 0.6 is 11.3 Å². The van der Waals surface area contributed by atoms with Crippen molar-refractivity contribution in [3.8, 4) is 0 Å². The zero-order valence-electron chi connectivity index (χ0n) is 10.00. The molecule has 2 aromatic rings. The van der Waals surface area contributed by atoms with E-state index in [9.17, 15) is 4.79 Å². The van der Waals surface area contributed by atoms with Gasteiger partial charge < -0.3 is 4.74 Å². The summed E-state index contributed by atoms with van der Waals surface area (Å²) >= 11 is 1.62. The molecule has 0 aromatic carbocycles. The van der Waals surface area contributed by atoms with Gasteiger partial charge in [-0.2, -0.15) is 11.3 Å². The highest BCUT2D eigenvalue weighted by atomic mass is 32.1. The standard InChI is InChI=1S/C12H13N3O2S/c1-3-5-17-12(16)11-9(2)15(14-13-11)7-10-4-6-18-8-10/h3-4,6,8H,1,5,7H2,2H3. The molecule has 0 unspecified atom stereocenters. The van der Waals surface area contributed by atoms with Crippen LogP contribution in [0.15, 0.2) is 29.5 Å². The Kier molecular flexibility index (Phi) is 3.88. The van der Waals surface area contributed by atoms with Gasteiger partial charge in [0, 0.05) is 0 Å². The van der Waals surface area contributed by atoms with Crippen LogP contribution in [0, 0.1) is 6.92 Å². The fourth-order valence-corrected chi connectivity index (χ4v) is 2.12. The molecule has 0 atom stereocenters. The Morgan fingerprint density at radius 1 is 1.67 bits per heavy atom. The highest BCUT2D eigenvalue weighted by Gasteiger charge is 2.17. The summed E-state index contributed by atoms with van der Waals surface area (Å²) in [4.78, 5) is 11.7. The predicted molar refractivity (Wildman–Crippen MR) is 68.7 cm³/mol. The third-order valence-corrected chi connectivity index (χ3v) is 3.15. The lowest BCUT2D eigenvalue weighted by Crippen LogP contribution is -2.09. The number of hydrogen-bond donors (Lipinski definition) is 0. The molecule has 0 aliphatic rings. The number of rotatable bonds is 5. The van der Waals surface area contributed by atoms with Crippen LogP contribution in [0.3, 0.4) is 0 Å². The molecular weight excluding hydrogens is 250 g/mol. The third-order valence-electron chi connectivity index (χ3n) is 2.42. The number of thiophene rings is 1. The van der Waals surface area contributed by atoms with Gasteiger partial charge in [0.2, 0.25) is 0 Å². The van der Waals surface area contributed by atoms with Crippen LogP contribution in [-0.4, -0.2) is 27.6 Å². The Morgan fingerprint density at radius 2 is 2.50 bits per heavy atom. The van der Waals surface area contributed by atoms with E-state index in [0.29, 0.717) is 12.2 Å². The second-order valence-electron chi connectivity index (χ2n) is 3.70. The maximum atomic E-state index is 11.7. The molecule has 2 rings (SSSR count). The molecule has 0 saturated heterocycles. The van der Waals surface area contributed by atoms with Crippen LogP contribution in [-0.2, 0) is 11.3 Å². The molecule has 0 spiro atoms. The zero-order valence-corrected chi connectivity index (χ0v) is 10.8. The zero-order chi connectivity index (χ0) is 13.0. The van der Waals surface area contributed by atoms with Crippen LogP contribution in [0.4, 0.5) is 0 Å². The highest BCUT2D eigenvalue weighted by Crippen LogP contribution is 2.11. The summed E-state index contributed by atoms with van der Waals surface area (Å²) in [6.45, 7) is 6.07. The van der Waals surface area contributed by atoms with E-state index in [1.807, 2.05) is 16.8 Å². The molecule has 0 bridgehead atoms. The minimum atomic E-state index is -0.469. The van der Waals surface area contributed by atoms with Gasteiger partial charge in [-0.3, -0.25) is 0 Å². The lowest BCUT2D eigenvalue weighted by Gasteiger charge is -2.02. The molecule has 18 heavy (non-hydrogen) atoms. The Morgan fingerprint density at radius 3 is 3.17 bits per heavy atom. The van der Waals surface area contributed by atoms with Crippen molar-refractivity contribution in [2.75, 3.05) is 6.61 Å². The van der Waals surface area contributed by atoms with Crippen molar-refractivity contribution < 1.29 is 9.53 Å². The third kappa shape index (κ3) is 2.65. The van der Waals surface area contributed by atoms with E-state index in [1.54, 1.807) is 22.9 Å². The molecule has 0 aliphatic heterocycles. The van der Waals surface area contributed by atoms with E-state index >= 15 is 0 Å². The summed E-state index contributed by atoms with van der Waals surface area (Å²) in [5.74, 6) is -0.469. The predicted octanol–water partition coefficient (Wildman–Crippen LogP) is 2.04. The Bertz CT molecular complexity index is 546. The Balaban J connectivity index is 2.13. The van der Waals surface area contributed by atoms with Gasteiger partial charge in [0.1, 0.15) is 6.61 Å². The first-order chi connectivity index (χ1) is 8.72. The molecule has 0 amide bonds. The van der Waals surface area contributed by atoms with Crippen LogP contribution in [0.2, 0.25) is 0 Å². The number of esters is 1. The van der Waals surface area contributed by atoms with E-state index in [1.165, 1.54) is 6.08 Å². The van der Waals surface area contributed by atoms with Gasteiger partial charge in [0.25, 0.3) is 0 Å². The molecule has 0 aliphatic carbocycles. The lowest BCUT2D eigenvalue weighted by atomic mass is 10.3. The van der Waals surface area contributed by atoms with Gasteiger partial charge in [-0.15, -0.1) is 5.10 Å². The van der Waals surface area contributed by atoms with Gasteiger partial charge in [0.05, 0.1) is 12.2 Å². The maximum absolute atomic E-state index is 11.7. The molecule has 2 heterocycles. The van der Waals surface area contributed by atoms with E-state index in [-0.39, 0.29) is 12.3 Å². The van der Waals surface area contributed by atoms with Gasteiger partial charge in [-0.1, -0.05) is 17.9 Å². The van der Waals surface area contributed by atoms with Crippen molar-refractivity contribution in [3.05, 3.63) is 46.4 Å². The first kappa shape index (κ1) is 12.5. The normalized spacial score (nSPS) is 10.3. The summed E-state index contributed by atoms with van der Waals surface area (Å²) in [7, 11) is 0. The molecule has 2 aromatic heterocycles. The summed E-state index contributed by atoms with van der Waals surface area (Å²) in [6.07, 6.45) is 1.52. The topological polar surface area (TPSA) is 57.0 Å². The van der Waals surface area contributed by atoms with Crippen LogP contribution in [0.1, 0.15) is 21.7 Å². The quantitative estimate of drug-likeness (QED) is 0.612. The minimum Gasteiger partial charge on any atom is -0.457 e. The lowest BCUT2D eigenvalue weighted by molar-refractivity contribution is 0.0542. The molecule has 5 nitrogen and oxygen atoms in total. The second-order valence-corrected chi connectivity index (χ2v) is 4.48. The van der Waals surface area contributed by atoms with Gasteiger partial charge >= 0.3 is 5.97 Å². The fourth-order valence-electron chi connectivity index (χ4n) is 1.46. The number of ether oxygens (including phenoxy) is 1. The van der Waals surface area contributed by atoms with Crippen molar-refractivity contribution in [1.29, 1.82) is 0 Å². The van der Waals surface area contributed by atoms with Crippen molar-refractivity contribution in [2.45, 2.75) is 13.5 Å². The minimum absolute atomic E-state index is 0.176. The summed E-state index contributed by atoms with van der Waals surface area (Å²) in [5, 5.41) is 11.9. The van der Waals surface area contributed by atoms with E-state index < -0.39 is 5.97 Å². The fraction of sp³-hybridized carbons (Fsp3) is 0.250. The number of carbonyl (C=O) groups is 1. The SMILES string of the molecule is C=CCOC(=O)c1nnn(Cc2ccsc2)c1C. The van der Waals surface area contributed by atoms with Gasteiger partial charge in [-0.25, -0.2) is 9.48 Å². The van der Waals surface area contributed by atoms with Crippen molar-refractivity contribution in [2.24, 2.45) is 0 Å². The Labute approximate surface area is 109 Å². The molecule has 0 radical (unpaired) electrons. The van der Waals surface area contributed by atoms with Crippen LogP contribution in [0.25, 0.3) is 0 Å². The first-order valence-corrected chi connectivity index (χ1v) is 6.36. The van der Waals surface area contributed by atoms with Crippen LogP contribution < -0.4 is 0 Å². The summed E-state index contributed by atoms with van der Waals surface area (Å²) in [5.41, 5.74) is 2.10. The number of hydrogen-bond acceptors (Lipinski definition) is 5. The number of nitrogens with zero attached hydrogens (tertiary/aromatic N) is 3. The molecule has 6 heteroatoms. The first-order valence-electron chi connectivity index (χ1n) is 5.41. The smallest absolute Gasteiger partial charge is 0.361 e. The Hall–Kier alpha value is -1.95. The molecular formula is C12H13N3O2S. The summed E-state index contributed by atoms with van der Waals surface area (Å²) < 4.78 is 6.62. The average molecular weight is 263 g/mol. The van der Waals surface area contributed by atoms with Crippen molar-refractivity contribution >= 4 is 17.3 Å². The monoisotopic (exact) mass is 263 g/mol. The van der Waals surface area contributed by atoms with E-state index in [0.717, 1.165) is 5.56 Å². The highest BCUT2D eigenvalue weighted by molar-refractivity contribution is 7.07. The van der Waals surface area contributed by atoms with Crippen molar-refractivity contribution in [3.63, 3.8) is 0 Å². The molecule has 0 saturated carbocycles. The maximum Gasteiger partial charge on any atom is 0.361 e. The largest absolute Gasteiger partial charge is 0.457 e. The molecule has 94 valence electrons. The molecule has 0 fully saturated rings. The van der Waals surface area contributed by atoms with E-state index in [2.05, 4.69) is 16.9 Å². The summed E-state index contributed by atoms with van der Waals surface area (Å²) in [6, 6.07) is 2.02. The average Bonchev–Trinajstić information content (AvgIpc) is 2.98.